The molecule has 2 aromatic rings. The fourth-order valence-corrected chi connectivity index (χ4v) is 2.26. The first kappa shape index (κ1) is 21.2. The van der Waals surface area contributed by atoms with Gasteiger partial charge in [-0.15, -0.1) is 0 Å². The smallest absolute Gasteiger partial charge is 0.115 e. The van der Waals surface area contributed by atoms with Crippen molar-refractivity contribution in [2.45, 2.75) is 60.8 Å². The minimum atomic E-state index is 0.345. The van der Waals surface area contributed by atoms with Gasteiger partial charge >= 0.3 is 0 Å². The Morgan fingerprint density at radius 3 is 2.00 bits per heavy atom. The van der Waals surface area contributed by atoms with E-state index in [4.69, 9.17) is 5.11 Å². The standard InChI is InChI=1S/C10H14O.C10H14.C2H6/c1-8(2)7-9-3-5-10(11)6-4-9;1-3-5-10-7-4-6-9(2)8-10;1-2/h3-6,8,11H,7H2,1-2H3;4,6-8H,3,5H2,1-2H3;1-2H3. The van der Waals surface area contributed by atoms with E-state index in [1.54, 1.807) is 12.1 Å². The largest absolute Gasteiger partial charge is 0.508 e. The molecule has 0 amide bonds. The molecule has 0 aliphatic heterocycles. The molecule has 1 N–H and O–H groups in total. The van der Waals surface area contributed by atoms with Crippen LogP contribution < -0.4 is 0 Å². The Labute approximate surface area is 143 Å². The van der Waals surface area contributed by atoms with E-state index in [0.29, 0.717) is 11.7 Å². The van der Waals surface area contributed by atoms with Crippen LogP contribution in [0.2, 0.25) is 0 Å². The summed E-state index contributed by atoms with van der Waals surface area (Å²) < 4.78 is 0. The molecule has 0 aliphatic carbocycles. The van der Waals surface area contributed by atoms with Gasteiger partial charge in [0.25, 0.3) is 0 Å². The van der Waals surface area contributed by atoms with Gasteiger partial charge in [0.1, 0.15) is 5.75 Å². The lowest BCUT2D eigenvalue weighted by atomic mass is 10.0. The number of aromatic hydroxyl groups is 1. The van der Waals surface area contributed by atoms with Gasteiger partial charge in [-0.1, -0.05) is 83.0 Å². The molecule has 0 atom stereocenters. The Morgan fingerprint density at radius 2 is 1.52 bits per heavy atom. The highest BCUT2D eigenvalue weighted by atomic mass is 16.3. The van der Waals surface area contributed by atoms with Gasteiger partial charge in [-0.25, -0.2) is 0 Å². The zero-order chi connectivity index (χ0) is 17.7. The molecular weight excluding hydrogens is 280 g/mol. The Bertz CT molecular complexity index is 512. The first-order valence-corrected chi connectivity index (χ1v) is 8.84. The molecule has 0 saturated carbocycles. The van der Waals surface area contributed by atoms with E-state index in [0.717, 1.165) is 6.42 Å². The summed E-state index contributed by atoms with van der Waals surface area (Å²) in [4.78, 5) is 0. The van der Waals surface area contributed by atoms with Crippen molar-refractivity contribution >= 4 is 0 Å². The van der Waals surface area contributed by atoms with E-state index in [1.807, 2.05) is 26.0 Å². The third kappa shape index (κ3) is 10.6. The molecule has 1 heteroatoms. The minimum absolute atomic E-state index is 0.345. The second-order valence-corrected chi connectivity index (χ2v) is 6.00. The highest BCUT2D eigenvalue weighted by Gasteiger charge is 1.96. The van der Waals surface area contributed by atoms with Crippen molar-refractivity contribution in [3.05, 3.63) is 65.2 Å². The average Bonchev–Trinajstić information content (AvgIpc) is 2.52. The van der Waals surface area contributed by atoms with Crippen LogP contribution in [0.1, 0.15) is 57.7 Å². The Kier molecular flexibility index (Phi) is 11.8. The molecule has 0 radical (unpaired) electrons. The zero-order valence-corrected chi connectivity index (χ0v) is 15.8. The topological polar surface area (TPSA) is 20.2 Å². The average molecular weight is 315 g/mol. The molecule has 1 nitrogen and oxygen atoms in total. The highest BCUT2D eigenvalue weighted by Crippen LogP contribution is 2.12. The molecule has 2 aromatic carbocycles. The molecule has 0 unspecified atom stereocenters. The molecule has 0 aromatic heterocycles. The molecule has 23 heavy (non-hydrogen) atoms. The van der Waals surface area contributed by atoms with Crippen LogP contribution >= 0.6 is 0 Å². The van der Waals surface area contributed by atoms with Crippen LogP contribution in [0.4, 0.5) is 0 Å². The summed E-state index contributed by atoms with van der Waals surface area (Å²) in [5, 5.41) is 8.99. The summed E-state index contributed by atoms with van der Waals surface area (Å²) in [6.07, 6.45) is 3.53. The Balaban J connectivity index is 0.000000381. The first-order valence-electron chi connectivity index (χ1n) is 8.84. The quantitative estimate of drug-likeness (QED) is 0.677. The summed E-state index contributed by atoms with van der Waals surface area (Å²) in [5.74, 6) is 1.03. The summed E-state index contributed by atoms with van der Waals surface area (Å²) >= 11 is 0. The molecule has 0 spiro atoms. The van der Waals surface area contributed by atoms with Crippen molar-refractivity contribution in [1.29, 1.82) is 0 Å². The van der Waals surface area contributed by atoms with Crippen molar-refractivity contribution in [2.24, 2.45) is 5.92 Å². The van der Waals surface area contributed by atoms with Gasteiger partial charge in [-0.3, -0.25) is 0 Å². The number of hydrogen-bond donors (Lipinski definition) is 1. The lowest BCUT2D eigenvalue weighted by Gasteiger charge is -2.03. The van der Waals surface area contributed by atoms with E-state index >= 15 is 0 Å². The molecule has 2 rings (SSSR count). The van der Waals surface area contributed by atoms with E-state index in [1.165, 1.54) is 29.5 Å². The maximum atomic E-state index is 8.99. The maximum absolute atomic E-state index is 8.99. The molecular formula is C22H34O. The summed E-state index contributed by atoms with van der Waals surface area (Å²) in [5.41, 5.74) is 4.12. The summed E-state index contributed by atoms with van der Waals surface area (Å²) in [6.45, 7) is 12.7. The van der Waals surface area contributed by atoms with E-state index in [-0.39, 0.29) is 0 Å². The van der Waals surface area contributed by atoms with E-state index < -0.39 is 0 Å². The van der Waals surface area contributed by atoms with Crippen LogP contribution in [-0.4, -0.2) is 5.11 Å². The third-order valence-corrected chi connectivity index (χ3v) is 3.20. The van der Waals surface area contributed by atoms with Gasteiger partial charge < -0.3 is 5.11 Å². The van der Waals surface area contributed by atoms with Crippen molar-refractivity contribution in [1.82, 2.24) is 0 Å². The summed E-state index contributed by atoms with van der Waals surface area (Å²) in [6, 6.07) is 16.1. The van der Waals surface area contributed by atoms with Crippen LogP contribution in [-0.2, 0) is 12.8 Å². The van der Waals surface area contributed by atoms with Crippen LogP contribution in [0.5, 0.6) is 5.75 Å². The van der Waals surface area contributed by atoms with E-state index in [2.05, 4.69) is 52.0 Å². The number of phenolic OH excluding ortho intramolecular Hbond substituents is 1. The molecule has 0 fully saturated rings. The van der Waals surface area contributed by atoms with Gasteiger partial charge in [0.15, 0.2) is 0 Å². The normalized spacial score (nSPS) is 9.52. The van der Waals surface area contributed by atoms with Crippen LogP contribution in [0.15, 0.2) is 48.5 Å². The van der Waals surface area contributed by atoms with Gasteiger partial charge in [-0.05, 0) is 48.9 Å². The molecule has 0 saturated heterocycles. The number of rotatable bonds is 4. The lowest BCUT2D eigenvalue weighted by molar-refractivity contribution is 0.475. The minimum Gasteiger partial charge on any atom is -0.508 e. The van der Waals surface area contributed by atoms with Gasteiger partial charge in [0.05, 0.1) is 0 Å². The molecule has 0 heterocycles. The van der Waals surface area contributed by atoms with Gasteiger partial charge in [0.2, 0.25) is 0 Å². The Hall–Kier alpha value is -1.76. The lowest BCUT2D eigenvalue weighted by Crippen LogP contribution is -1.92. The fraction of sp³-hybridized carbons (Fsp3) is 0.455. The zero-order valence-electron chi connectivity index (χ0n) is 15.8. The highest BCUT2D eigenvalue weighted by molar-refractivity contribution is 5.26. The predicted octanol–water partition coefficient (Wildman–Crippen LogP) is 6.56. The summed E-state index contributed by atoms with van der Waals surface area (Å²) in [7, 11) is 0. The maximum Gasteiger partial charge on any atom is 0.115 e. The fourth-order valence-electron chi connectivity index (χ4n) is 2.26. The Morgan fingerprint density at radius 1 is 0.913 bits per heavy atom. The second kappa shape index (κ2) is 12.8. The van der Waals surface area contributed by atoms with Crippen molar-refractivity contribution in [3.8, 4) is 5.75 Å². The number of benzene rings is 2. The van der Waals surface area contributed by atoms with Crippen LogP contribution in [0.3, 0.4) is 0 Å². The van der Waals surface area contributed by atoms with Crippen molar-refractivity contribution in [2.75, 3.05) is 0 Å². The molecule has 0 bridgehead atoms. The van der Waals surface area contributed by atoms with Crippen molar-refractivity contribution in [3.63, 3.8) is 0 Å². The van der Waals surface area contributed by atoms with Gasteiger partial charge in [0, 0.05) is 0 Å². The molecule has 128 valence electrons. The van der Waals surface area contributed by atoms with E-state index in [9.17, 15) is 0 Å². The number of hydrogen-bond acceptors (Lipinski definition) is 1. The second-order valence-electron chi connectivity index (χ2n) is 6.00. The first-order chi connectivity index (χ1) is 11.0. The number of phenols is 1. The monoisotopic (exact) mass is 314 g/mol. The predicted molar refractivity (Wildman–Crippen MR) is 103 cm³/mol. The number of aryl methyl sites for hydroxylation is 2. The SMILES string of the molecule is CC.CC(C)Cc1ccc(O)cc1.CCCc1cccc(C)c1. The van der Waals surface area contributed by atoms with Crippen molar-refractivity contribution < 1.29 is 5.11 Å². The van der Waals surface area contributed by atoms with Gasteiger partial charge in [-0.2, -0.15) is 0 Å². The molecule has 0 aliphatic rings. The van der Waals surface area contributed by atoms with Crippen LogP contribution in [0, 0.1) is 12.8 Å². The third-order valence-electron chi connectivity index (χ3n) is 3.20. The van der Waals surface area contributed by atoms with Crippen LogP contribution in [0.25, 0.3) is 0 Å².